The number of para-hydroxylation sites is 1. The van der Waals surface area contributed by atoms with Gasteiger partial charge in [0.05, 0.1) is 0 Å². The minimum Gasteiger partial charge on any atom is -0.456 e. The van der Waals surface area contributed by atoms with Crippen LogP contribution in [0.4, 0.5) is 17.1 Å². The number of benzene rings is 5. The Morgan fingerprint density at radius 1 is 0.485 bits per heavy atom. The Hall–Kier alpha value is -3.82. The van der Waals surface area contributed by atoms with Crippen LogP contribution in [0.1, 0.15) is 0 Å². The summed E-state index contributed by atoms with van der Waals surface area (Å²) in [6.07, 6.45) is 0. The van der Waals surface area contributed by atoms with Gasteiger partial charge in [0.25, 0.3) is 0 Å². The van der Waals surface area contributed by atoms with Gasteiger partial charge in [-0.2, -0.15) is 0 Å². The summed E-state index contributed by atoms with van der Waals surface area (Å²) in [6.45, 7) is 0. The lowest BCUT2D eigenvalue weighted by molar-refractivity contribution is 0.668. The van der Waals surface area contributed by atoms with E-state index >= 15 is 0 Å². The summed E-state index contributed by atoms with van der Waals surface area (Å²) in [5.74, 6) is 0. The summed E-state index contributed by atoms with van der Waals surface area (Å²) >= 11 is 3.55. The van der Waals surface area contributed by atoms with Crippen molar-refractivity contribution in [3.63, 3.8) is 0 Å². The predicted molar refractivity (Wildman–Crippen MR) is 142 cm³/mol. The van der Waals surface area contributed by atoms with E-state index < -0.39 is 0 Å². The SMILES string of the molecule is Brc1ccc2c(c1)oc1cc(N(c3ccccc3)c3cccc(-c4ccccc4)c3)ccc12. The topological polar surface area (TPSA) is 16.4 Å². The summed E-state index contributed by atoms with van der Waals surface area (Å²) < 4.78 is 7.24. The Balaban J connectivity index is 1.52. The Labute approximate surface area is 200 Å². The molecule has 1 aromatic heterocycles. The highest BCUT2D eigenvalue weighted by Gasteiger charge is 2.16. The fourth-order valence-electron chi connectivity index (χ4n) is 4.36. The van der Waals surface area contributed by atoms with Gasteiger partial charge < -0.3 is 9.32 Å². The molecule has 2 nitrogen and oxygen atoms in total. The predicted octanol–water partition coefficient (Wildman–Crippen LogP) is 9.49. The van der Waals surface area contributed by atoms with Crippen LogP contribution in [0.25, 0.3) is 33.1 Å². The number of anilines is 3. The average molecular weight is 490 g/mol. The molecule has 0 fully saturated rings. The van der Waals surface area contributed by atoms with Gasteiger partial charge in [-0.1, -0.05) is 76.6 Å². The molecule has 0 aliphatic heterocycles. The van der Waals surface area contributed by atoms with Crippen LogP contribution in [0, 0.1) is 0 Å². The van der Waals surface area contributed by atoms with E-state index in [1.807, 2.05) is 18.2 Å². The molecule has 0 atom stereocenters. The third kappa shape index (κ3) is 3.71. The highest BCUT2D eigenvalue weighted by atomic mass is 79.9. The quantitative estimate of drug-likeness (QED) is 0.245. The number of hydrogen-bond acceptors (Lipinski definition) is 2. The van der Waals surface area contributed by atoms with E-state index in [0.29, 0.717) is 0 Å². The zero-order valence-electron chi connectivity index (χ0n) is 17.8. The van der Waals surface area contributed by atoms with E-state index in [4.69, 9.17) is 4.42 Å². The zero-order valence-corrected chi connectivity index (χ0v) is 19.4. The van der Waals surface area contributed by atoms with Gasteiger partial charge in [-0.3, -0.25) is 0 Å². The van der Waals surface area contributed by atoms with Crippen LogP contribution in [0.5, 0.6) is 0 Å². The Morgan fingerprint density at radius 2 is 1.09 bits per heavy atom. The van der Waals surface area contributed by atoms with Crippen LogP contribution in [0.2, 0.25) is 0 Å². The molecule has 3 heteroatoms. The molecule has 0 aliphatic carbocycles. The number of furan rings is 1. The highest BCUT2D eigenvalue weighted by molar-refractivity contribution is 9.10. The van der Waals surface area contributed by atoms with E-state index in [1.165, 1.54) is 11.1 Å². The van der Waals surface area contributed by atoms with Crippen molar-refractivity contribution < 1.29 is 4.42 Å². The molecule has 5 aromatic carbocycles. The van der Waals surface area contributed by atoms with Crippen molar-refractivity contribution in [2.45, 2.75) is 0 Å². The fourth-order valence-corrected chi connectivity index (χ4v) is 4.70. The van der Waals surface area contributed by atoms with Crippen LogP contribution < -0.4 is 4.90 Å². The summed E-state index contributed by atoms with van der Waals surface area (Å²) in [6, 6.07) is 42.2. The monoisotopic (exact) mass is 489 g/mol. The number of fused-ring (bicyclic) bond motifs is 3. The number of nitrogens with zero attached hydrogens (tertiary/aromatic N) is 1. The number of halogens is 1. The van der Waals surface area contributed by atoms with Crippen molar-refractivity contribution in [3.05, 3.63) is 126 Å². The Morgan fingerprint density at radius 3 is 1.88 bits per heavy atom. The van der Waals surface area contributed by atoms with Gasteiger partial charge >= 0.3 is 0 Å². The van der Waals surface area contributed by atoms with E-state index in [9.17, 15) is 0 Å². The maximum Gasteiger partial charge on any atom is 0.137 e. The molecule has 6 aromatic rings. The first-order chi connectivity index (χ1) is 16.3. The summed E-state index contributed by atoms with van der Waals surface area (Å²) in [5.41, 5.74) is 7.39. The molecule has 6 rings (SSSR count). The van der Waals surface area contributed by atoms with Crippen LogP contribution >= 0.6 is 15.9 Å². The molecule has 1 heterocycles. The Kier molecular flexibility index (Phi) is 4.97. The van der Waals surface area contributed by atoms with Gasteiger partial charge in [-0.15, -0.1) is 0 Å². The largest absolute Gasteiger partial charge is 0.456 e. The maximum atomic E-state index is 6.23. The molecule has 33 heavy (non-hydrogen) atoms. The molecule has 0 amide bonds. The standard InChI is InChI=1S/C30H20BrNO/c31-23-14-16-27-28-17-15-26(20-30(28)33-29(27)19-23)32(24-11-5-2-6-12-24)25-13-7-10-22(18-25)21-8-3-1-4-9-21/h1-20H. The lowest BCUT2D eigenvalue weighted by Crippen LogP contribution is -2.09. The molecule has 0 aliphatic rings. The van der Waals surface area contributed by atoms with Crippen LogP contribution in [-0.4, -0.2) is 0 Å². The van der Waals surface area contributed by atoms with E-state index in [0.717, 1.165) is 43.5 Å². The second-order valence-corrected chi connectivity index (χ2v) is 8.93. The van der Waals surface area contributed by atoms with Crippen molar-refractivity contribution in [3.8, 4) is 11.1 Å². The molecule has 0 unspecified atom stereocenters. The average Bonchev–Trinajstić information content (AvgIpc) is 3.22. The van der Waals surface area contributed by atoms with Gasteiger partial charge in [-0.25, -0.2) is 0 Å². The number of rotatable bonds is 4. The van der Waals surface area contributed by atoms with Crippen molar-refractivity contribution in [1.29, 1.82) is 0 Å². The molecule has 0 spiro atoms. The van der Waals surface area contributed by atoms with Gasteiger partial charge in [0.15, 0.2) is 0 Å². The zero-order chi connectivity index (χ0) is 22.2. The van der Waals surface area contributed by atoms with Crippen molar-refractivity contribution in [1.82, 2.24) is 0 Å². The molecule has 0 saturated heterocycles. The third-order valence-electron chi connectivity index (χ3n) is 5.90. The molecule has 0 bridgehead atoms. The van der Waals surface area contributed by atoms with E-state index in [2.05, 4.69) is 124 Å². The molecule has 0 saturated carbocycles. The van der Waals surface area contributed by atoms with Gasteiger partial charge in [0.2, 0.25) is 0 Å². The van der Waals surface area contributed by atoms with Gasteiger partial charge in [0.1, 0.15) is 11.2 Å². The van der Waals surface area contributed by atoms with Crippen LogP contribution in [0.15, 0.2) is 130 Å². The van der Waals surface area contributed by atoms with Crippen molar-refractivity contribution in [2.24, 2.45) is 0 Å². The normalized spacial score (nSPS) is 11.2. The van der Waals surface area contributed by atoms with Crippen molar-refractivity contribution in [2.75, 3.05) is 4.90 Å². The van der Waals surface area contributed by atoms with E-state index in [1.54, 1.807) is 0 Å². The smallest absolute Gasteiger partial charge is 0.137 e. The van der Waals surface area contributed by atoms with Crippen molar-refractivity contribution >= 4 is 54.9 Å². The molecular weight excluding hydrogens is 470 g/mol. The lowest BCUT2D eigenvalue weighted by atomic mass is 10.0. The van der Waals surface area contributed by atoms with Crippen LogP contribution in [0.3, 0.4) is 0 Å². The molecule has 0 radical (unpaired) electrons. The summed E-state index contributed by atoms with van der Waals surface area (Å²) in [7, 11) is 0. The first-order valence-corrected chi connectivity index (χ1v) is 11.7. The van der Waals surface area contributed by atoms with Gasteiger partial charge in [-0.05, 0) is 65.7 Å². The van der Waals surface area contributed by atoms with Gasteiger partial charge in [0, 0.05) is 38.4 Å². The fraction of sp³-hybridized carbons (Fsp3) is 0. The minimum absolute atomic E-state index is 0.876. The Bertz CT molecular complexity index is 1570. The lowest BCUT2D eigenvalue weighted by Gasteiger charge is -2.26. The molecular formula is C30H20BrNO. The van der Waals surface area contributed by atoms with Crippen LogP contribution in [-0.2, 0) is 0 Å². The summed E-state index contributed by atoms with van der Waals surface area (Å²) in [4.78, 5) is 2.27. The maximum absolute atomic E-state index is 6.23. The minimum atomic E-state index is 0.876. The highest BCUT2D eigenvalue weighted by Crippen LogP contribution is 2.39. The number of hydrogen-bond donors (Lipinski definition) is 0. The second kappa shape index (κ2) is 8.27. The molecule has 0 N–H and O–H groups in total. The first kappa shape index (κ1) is 19.8. The summed E-state index contributed by atoms with van der Waals surface area (Å²) in [5, 5.41) is 2.24. The first-order valence-electron chi connectivity index (χ1n) is 10.9. The second-order valence-electron chi connectivity index (χ2n) is 8.01. The third-order valence-corrected chi connectivity index (χ3v) is 6.40. The molecule has 158 valence electrons. The van der Waals surface area contributed by atoms with E-state index in [-0.39, 0.29) is 0 Å².